The van der Waals surface area contributed by atoms with Crippen LogP contribution in [0.5, 0.6) is 0 Å². The van der Waals surface area contributed by atoms with Crippen molar-refractivity contribution in [3.8, 4) is 0 Å². The molecule has 0 bridgehead atoms. The standard InChI is InChI=1S/C10H13O3S/c1-2-3-4-9-5-7-10(8-6-9)14(11,12)13/h5-8H,2-4H2,1H3. The summed E-state index contributed by atoms with van der Waals surface area (Å²) in [4.78, 5) is -0.155. The number of unbranched alkanes of at least 4 members (excludes halogenated alkanes) is 1. The van der Waals surface area contributed by atoms with Gasteiger partial charge in [0.15, 0.2) is 0 Å². The van der Waals surface area contributed by atoms with Crippen LogP contribution >= 0.6 is 0 Å². The molecule has 1 aromatic carbocycles. The third kappa shape index (κ3) is 3.12. The van der Waals surface area contributed by atoms with Crippen molar-refractivity contribution in [3.63, 3.8) is 0 Å². The van der Waals surface area contributed by atoms with Crippen molar-refractivity contribution >= 4 is 10.1 Å². The quantitative estimate of drug-likeness (QED) is 0.769. The lowest BCUT2D eigenvalue weighted by molar-refractivity contribution is 0.414. The van der Waals surface area contributed by atoms with Crippen LogP contribution in [0, 0.1) is 0 Å². The van der Waals surface area contributed by atoms with Gasteiger partial charge in [-0.25, -0.2) is 0 Å². The molecule has 0 unspecified atom stereocenters. The van der Waals surface area contributed by atoms with Gasteiger partial charge in [-0.1, -0.05) is 30.0 Å². The van der Waals surface area contributed by atoms with E-state index in [2.05, 4.69) is 6.92 Å². The Balaban J connectivity index is 2.79. The van der Waals surface area contributed by atoms with Crippen LogP contribution < -0.4 is 0 Å². The number of hydrogen-bond acceptors (Lipinski definition) is 2. The molecule has 0 aromatic heterocycles. The van der Waals surface area contributed by atoms with Gasteiger partial charge < -0.3 is 0 Å². The van der Waals surface area contributed by atoms with E-state index in [0.717, 1.165) is 24.8 Å². The van der Waals surface area contributed by atoms with Gasteiger partial charge >= 0.3 is 10.1 Å². The van der Waals surface area contributed by atoms with Crippen LogP contribution in [0.3, 0.4) is 0 Å². The number of aryl methyl sites for hydroxylation is 1. The SMILES string of the molecule is CCCCc1ccc(S([O])(=O)=O)cc1. The second-order valence-corrected chi connectivity index (χ2v) is 4.58. The van der Waals surface area contributed by atoms with E-state index in [9.17, 15) is 13.0 Å². The van der Waals surface area contributed by atoms with E-state index < -0.39 is 10.1 Å². The summed E-state index contributed by atoms with van der Waals surface area (Å²) >= 11 is 0. The van der Waals surface area contributed by atoms with Crippen LogP contribution in [0.25, 0.3) is 0 Å². The third-order valence-corrected chi connectivity index (χ3v) is 2.88. The second-order valence-electron chi connectivity index (χ2n) is 3.20. The van der Waals surface area contributed by atoms with Gasteiger partial charge in [0, 0.05) is 0 Å². The first-order valence-electron chi connectivity index (χ1n) is 4.59. The first kappa shape index (κ1) is 11.2. The number of benzene rings is 1. The zero-order valence-electron chi connectivity index (χ0n) is 8.06. The maximum atomic E-state index is 10.6. The number of rotatable bonds is 4. The Kier molecular flexibility index (Phi) is 3.66. The Bertz CT molecular complexity index is 378. The zero-order valence-corrected chi connectivity index (χ0v) is 8.88. The average molecular weight is 213 g/mol. The van der Waals surface area contributed by atoms with Crippen molar-refractivity contribution in [3.05, 3.63) is 29.8 Å². The van der Waals surface area contributed by atoms with Crippen molar-refractivity contribution in [2.75, 3.05) is 0 Å². The third-order valence-electron chi connectivity index (χ3n) is 2.03. The largest absolute Gasteiger partial charge is 0.324 e. The molecular weight excluding hydrogens is 200 g/mol. The van der Waals surface area contributed by atoms with Gasteiger partial charge in [-0.2, -0.15) is 8.42 Å². The molecule has 0 saturated carbocycles. The van der Waals surface area contributed by atoms with Crippen LogP contribution in [0.2, 0.25) is 0 Å². The van der Waals surface area contributed by atoms with Crippen molar-refractivity contribution in [2.24, 2.45) is 0 Å². The smallest absolute Gasteiger partial charge is 0.192 e. The molecule has 0 spiro atoms. The highest BCUT2D eigenvalue weighted by molar-refractivity contribution is 7.85. The average Bonchev–Trinajstić information content (AvgIpc) is 2.14. The van der Waals surface area contributed by atoms with Crippen molar-refractivity contribution in [1.29, 1.82) is 0 Å². The fraction of sp³-hybridized carbons (Fsp3) is 0.400. The highest BCUT2D eigenvalue weighted by Gasteiger charge is 2.10. The molecule has 1 radical (unpaired) electrons. The predicted molar refractivity (Wildman–Crippen MR) is 52.9 cm³/mol. The summed E-state index contributed by atoms with van der Waals surface area (Å²) in [6.45, 7) is 2.09. The molecule has 14 heavy (non-hydrogen) atoms. The van der Waals surface area contributed by atoms with Gasteiger partial charge in [0.25, 0.3) is 0 Å². The van der Waals surface area contributed by atoms with E-state index >= 15 is 0 Å². The van der Waals surface area contributed by atoms with Crippen LogP contribution in [-0.2, 0) is 21.1 Å². The molecule has 0 heterocycles. The molecule has 3 nitrogen and oxygen atoms in total. The summed E-state index contributed by atoms with van der Waals surface area (Å²) in [7, 11) is -4.29. The Hall–Kier alpha value is -0.870. The van der Waals surface area contributed by atoms with E-state index in [1.807, 2.05) is 0 Å². The maximum absolute atomic E-state index is 10.6. The molecule has 77 valence electrons. The van der Waals surface area contributed by atoms with Gasteiger partial charge in [-0.15, -0.1) is 0 Å². The van der Waals surface area contributed by atoms with Gasteiger partial charge in [-0.3, -0.25) is 0 Å². The van der Waals surface area contributed by atoms with Gasteiger partial charge in [0.2, 0.25) is 0 Å². The summed E-state index contributed by atoms with van der Waals surface area (Å²) in [6, 6.07) is 6.13. The van der Waals surface area contributed by atoms with Gasteiger partial charge in [0.05, 0.1) is 4.90 Å². The molecule has 4 heteroatoms. The normalized spacial score (nSPS) is 11.6. The molecule has 0 atom stereocenters. The Morgan fingerprint density at radius 1 is 1.14 bits per heavy atom. The maximum Gasteiger partial charge on any atom is 0.324 e. The van der Waals surface area contributed by atoms with E-state index in [1.54, 1.807) is 12.1 Å². The van der Waals surface area contributed by atoms with E-state index in [0.29, 0.717) is 0 Å². The van der Waals surface area contributed by atoms with Crippen molar-refractivity contribution in [2.45, 2.75) is 31.1 Å². The van der Waals surface area contributed by atoms with E-state index in [4.69, 9.17) is 0 Å². The molecule has 0 amide bonds. The van der Waals surface area contributed by atoms with Crippen molar-refractivity contribution < 1.29 is 13.0 Å². The number of hydrogen-bond donors (Lipinski definition) is 0. The lowest BCUT2D eigenvalue weighted by Crippen LogP contribution is -1.96. The topological polar surface area (TPSA) is 54.0 Å². The summed E-state index contributed by atoms with van der Waals surface area (Å²) in [5.41, 5.74) is 1.07. The van der Waals surface area contributed by atoms with E-state index in [-0.39, 0.29) is 4.90 Å². The van der Waals surface area contributed by atoms with Crippen LogP contribution in [0.1, 0.15) is 25.3 Å². The van der Waals surface area contributed by atoms with Crippen LogP contribution in [0.15, 0.2) is 29.2 Å². The Morgan fingerprint density at radius 3 is 2.14 bits per heavy atom. The zero-order chi connectivity index (χ0) is 10.6. The molecule has 0 N–H and O–H groups in total. The Morgan fingerprint density at radius 2 is 1.71 bits per heavy atom. The van der Waals surface area contributed by atoms with Crippen LogP contribution in [0.4, 0.5) is 0 Å². The fourth-order valence-electron chi connectivity index (χ4n) is 1.20. The molecule has 1 rings (SSSR count). The minimum absolute atomic E-state index is 0.155. The highest BCUT2D eigenvalue weighted by atomic mass is 32.2. The second kappa shape index (κ2) is 4.57. The molecule has 0 aliphatic heterocycles. The fourth-order valence-corrected chi connectivity index (χ4v) is 1.67. The van der Waals surface area contributed by atoms with Crippen molar-refractivity contribution in [1.82, 2.24) is 0 Å². The molecule has 0 fully saturated rings. The molecular formula is C10H13O3S. The lowest BCUT2D eigenvalue weighted by Gasteiger charge is -2.00. The minimum atomic E-state index is -4.29. The summed E-state index contributed by atoms with van der Waals surface area (Å²) < 4.78 is 31.8. The summed E-state index contributed by atoms with van der Waals surface area (Å²) in [5, 5.41) is 0. The van der Waals surface area contributed by atoms with E-state index in [1.165, 1.54) is 12.1 Å². The molecule has 0 saturated heterocycles. The van der Waals surface area contributed by atoms with Gasteiger partial charge in [-0.05, 0) is 30.5 Å². The first-order valence-corrected chi connectivity index (χ1v) is 5.99. The summed E-state index contributed by atoms with van der Waals surface area (Å²) in [5.74, 6) is 0. The molecule has 0 aliphatic rings. The lowest BCUT2D eigenvalue weighted by atomic mass is 10.1. The highest BCUT2D eigenvalue weighted by Crippen LogP contribution is 2.12. The first-order chi connectivity index (χ1) is 6.54. The summed E-state index contributed by atoms with van der Waals surface area (Å²) in [6.07, 6.45) is 3.10. The minimum Gasteiger partial charge on any atom is -0.192 e. The molecule has 1 aromatic rings. The predicted octanol–water partition coefficient (Wildman–Crippen LogP) is 2.15. The monoisotopic (exact) mass is 213 g/mol. The van der Waals surface area contributed by atoms with Crippen LogP contribution in [-0.4, -0.2) is 8.42 Å². The Labute approximate surface area is 84.5 Å². The molecule has 0 aliphatic carbocycles. The van der Waals surface area contributed by atoms with Gasteiger partial charge in [0.1, 0.15) is 0 Å².